The van der Waals surface area contributed by atoms with E-state index in [4.69, 9.17) is 73.6 Å². The van der Waals surface area contributed by atoms with Gasteiger partial charge in [-0.05, 0) is 80.1 Å². The summed E-state index contributed by atoms with van der Waals surface area (Å²) in [6.07, 6.45) is 3.68. The third-order valence-corrected chi connectivity index (χ3v) is 18.4. The van der Waals surface area contributed by atoms with Gasteiger partial charge in [-0.2, -0.15) is 5.48 Å². The lowest BCUT2D eigenvalue weighted by Gasteiger charge is -2.34. The molecule has 0 aromatic heterocycles. The first-order valence-electron chi connectivity index (χ1n) is 23.3. The van der Waals surface area contributed by atoms with Gasteiger partial charge < -0.3 is 22.6 Å². The van der Waals surface area contributed by atoms with Crippen LogP contribution in [0.3, 0.4) is 0 Å². The quantitative estimate of drug-likeness (QED) is 0.0508. The largest absolute Gasteiger partial charge is 0.377 e. The van der Waals surface area contributed by atoms with Crippen LogP contribution in [0, 0.1) is 10.8 Å². The van der Waals surface area contributed by atoms with Gasteiger partial charge in [0.25, 0.3) is 0 Å². The molecule has 75 heavy (non-hydrogen) atoms. The number of rotatable bonds is 13. The predicted molar refractivity (Wildman–Crippen MR) is 292 cm³/mol. The van der Waals surface area contributed by atoms with Crippen LogP contribution in [0.1, 0.15) is 99.2 Å². The number of ketones is 4. The van der Waals surface area contributed by atoms with Crippen molar-refractivity contribution in [2.45, 2.75) is 41.0 Å². The Bertz CT molecular complexity index is 3230. The average molecular weight is 1160 g/mol. The van der Waals surface area contributed by atoms with Crippen LogP contribution in [0.15, 0.2) is 144 Å². The number of Topliss-reactive ketones (excluding diaryl/α,β-unsaturated/α-hetero) is 1. The van der Waals surface area contributed by atoms with E-state index < -0.39 is 39.8 Å². The molecule has 3 fully saturated rings. The fraction of sp³-hybridized carbons (Fsp3) is 0.259. The number of carbonyl (C=O) groups is 4. The molecular formula is C54H52Cl4NO13P3. The molecule has 3 heterocycles. The van der Waals surface area contributed by atoms with Crippen LogP contribution in [0.2, 0.25) is 10.0 Å². The summed E-state index contributed by atoms with van der Waals surface area (Å²) in [5.41, 5.74) is 4.06. The average Bonchev–Trinajstić information content (AvgIpc) is 3.64. The highest BCUT2D eigenvalue weighted by molar-refractivity contribution is 7.63. The van der Waals surface area contributed by atoms with Gasteiger partial charge in [-0.1, -0.05) is 135 Å². The van der Waals surface area contributed by atoms with E-state index in [-0.39, 0.29) is 81.0 Å². The Morgan fingerprint density at radius 3 is 1.61 bits per heavy atom. The molecule has 0 bridgehead atoms. The number of nitrogens with one attached hydrogen (secondary N) is 1. The van der Waals surface area contributed by atoms with Crippen molar-refractivity contribution in [1.82, 2.24) is 5.48 Å². The van der Waals surface area contributed by atoms with E-state index in [9.17, 15) is 32.9 Å². The first kappa shape index (κ1) is 58.3. The minimum atomic E-state index is -4.01. The molecule has 394 valence electrons. The first-order chi connectivity index (χ1) is 35.3. The van der Waals surface area contributed by atoms with Crippen molar-refractivity contribution >= 4 is 108 Å². The maximum Gasteiger partial charge on any atom is 0.377 e. The van der Waals surface area contributed by atoms with Crippen LogP contribution < -0.4 is 21.4 Å². The van der Waals surface area contributed by atoms with Crippen LogP contribution in [0.25, 0.3) is 0 Å². The molecule has 1 atom stereocenters. The van der Waals surface area contributed by atoms with Crippen LogP contribution >= 0.6 is 69.2 Å². The molecule has 0 spiro atoms. The van der Waals surface area contributed by atoms with E-state index in [1.807, 2.05) is 27.7 Å². The monoisotopic (exact) mass is 1160 g/mol. The van der Waals surface area contributed by atoms with Gasteiger partial charge in [0.1, 0.15) is 0 Å². The molecule has 8 rings (SSSR count). The summed E-state index contributed by atoms with van der Waals surface area (Å²) in [7, 11) is -11.0. The second kappa shape index (κ2) is 24.1. The highest BCUT2D eigenvalue weighted by atomic mass is 35.5. The first-order valence-corrected chi connectivity index (χ1v) is 29.4. The normalized spacial score (nSPS) is 20.1. The Morgan fingerprint density at radius 2 is 1.05 bits per heavy atom. The molecule has 3 aliphatic rings. The van der Waals surface area contributed by atoms with E-state index in [1.165, 1.54) is 66.7 Å². The lowest BCUT2D eigenvalue weighted by molar-refractivity contribution is 0.0461. The molecule has 5 aromatic carbocycles. The summed E-state index contributed by atoms with van der Waals surface area (Å²) in [4.78, 5) is 52.7. The van der Waals surface area contributed by atoms with Gasteiger partial charge in [0.05, 0.1) is 54.0 Å². The van der Waals surface area contributed by atoms with Crippen LogP contribution in [-0.4, -0.2) is 62.7 Å². The maximum atomic E-state index is 14.0. The summed E-state index contributed by atoms with van der Waals surface area (Å²) >= 11 is 24.2. The number of halogens is 4. The van der Waals surface area contributed by atoms with Gasteiger partial charge in [-0.25, -0.2) is 4.62 Å². The van der Waals surface area contributed by atoms with E-state index >= 15 is 0 Å². The molecule has 1 N–H and O–H groups in total. The number of hydrogen-bond acceptors (Lipinski definition) is 14. The van der Waals surface area contributed by atoms with Crippen molar-refractivity contribution in [2.75, 3.05) is 39.6 Å². The number of hydrogen-bond donors (Lipinski definition) is 1. The molecule has 1 unspecified atom stereocenters. The smallest absolute Gasteiger partial charge is 0.305 e. The van der Waals surface area contributed by atoms with Crippen molar-refractivity contribution in [1.29, 1.82) is 0 Å². The topological polar surface area (TPSA) is 187 Å². The van der Waals surface area contributed by atoms with Crippen molar-refractivity contribution in [3.05, 3.63) is 193 Å². The number of hydroxylamine groups is 1. The third-order valence-electron chi connectivity index (χ3n) is 11.8. The molecule has 21 heteroatoms. The van der Waals surface area contributed by atoms with E-state index in [0.717, 1.165) is 0 Å². The van der Waals surface area contributed by atoms with Crippen LogP contribution in [-0.2, 0) is 40.9 Å². The lowest BCUT2D eigenvalue weighted by Crippen LogP contribution is -2.33. The van der Waals surface area contributed by atoms with Gasteiger partial charge >= 0.3 is 22.8 Å². The van der Waals surface area contributed by atoms with Crippen LogP contribution in [0.5, 0.6) is 0 Å². The molecular weight excluding hydrogens is 1110 g/mol. The van der Waals surface area contributed by atoms with E-state index in [2.05, 4.69) is 12.1 Å². The molecule has 5 aromatic rings. The van der Waals surface area contributed by atoms with Crippen molar-refractivity contribution in [2.24, 2.45) is 10.8 Å². The molecule has 0 radical (unpaired) electrons. The summed E-state index contributed by atoms with van der Waals surface area (Å²) in [5, 5.41) is 1.70. The standard InChI is InChI=1S/C30H30Cl2O8P2.C24H22Cl2NO5P/c1-29(2)15-37-41(35,38-16-29)22-9-5-19(6-10-22)27(33)23-11-7-20(28(34)24-14-21(31)8-12-25(24)32)13-26(23)42(36)39-17-30(3,4)18-40-42;1-16(25)4-13-22(26)17(2)23(28)18-5-7-19(8-6-18)24(29)20-9-11-21(12-10-20)33(30)31-15-3-14-27-32-33/h5-14H,15-18H2,1-4H3;4-13,27H,1,3,14-15H2,2H3/b;13-4-,22-17-. The molecule has 14 nitrogen and oxygen atoms in total. The Morgan fingerprint density at radius 1 is 0.573 bits per heavy atom. The summed E-state index contributed by atoms with van der Waals surface area (Å²) in [6.45, 7) is 14.5. The zero-order chi connectivity index (χ0) is 54.5. The Labute approximate surface area is 455 Å². The minimum absolute atomic E-state index is 0.0370. The SMILES string of the molecule is C=C(Cl)/C=C\C(Cl)=C(/C)C(=O)c1ccc(C(=O)c2ccc(P3(=O)OCCCNO3)cc2)cc1.CC1(C)COP(=O)(c2ccc(C(=O)c3ccc(C(=O)c4cc(Cl)ccc4Cl)cc3P3(=O)OCC(C)(C)CO3)cc2)OC1. The minimum Gasteiger partial charge on any atom is -0.305 e. The highest BCUT2D eigenvalue weighted by Gasteiger charge is 2.42. The Balaban J connectivity index is 0.000000226. The fourth-order valence-electron chi connectivity index (χ4n) is 7.32. The molecule has 0 aliphatic carbocycles. The van der Waals surface area contributed by atoms with Crippen LogP contribution in [0.4, 0.5) is 0 Å². The van der Waals surface area contributed by atoms with Gasteiger partial charge in [0.2, 0.25) is 0 Å². The molecule has 3 saturated heterocycles. The second-order valence-electron chi connectivity index (χ2n) is 19.2. The van der Waals surface area contributed by atoms with Gasteiger partial charge in [0.15, 0.2) is 23.1 Å². The second-order valence-corrected chi connectivity index (χ2v) is 26.9. The van der Waals surface area contributed by atoms with Gasteiger partial charge in [-0.15, -0.1) is 0 Å². The van der Waals surface area contributed by atoms with Gasteiger partial charge in [-0.3, -0.25) is 32.9 Å². The molecule has 0 amide bonds. The van der Waals surface area contributed by atoms with E-state index in [1.54, 1.807) is 61.5 Å². The van der Waals surface area contributed by atoms with Crippen molar-refractivity contribution < 1.29 is 60.1 Å². The molecule has 3 aliphatic heterocycles. The Kier molecular flexibility index (Phi) is 18.7. The fourth-order valence-corrected chi connectivity index (χ4v) is 13.4. The summed E-state index contributed by atoms with van der Waals surface area (Å²) < 4.78 is 73.4. The zero-order valence-corrected chi connectivity index (χ0v) is 47.1. The highest BCUT2D eigenvalue weighted by Crippen LogP contribution is 2.55. The number of allylic oxidation sites excluding steroid dienone is 5. The lowest BCUT2D eigenvalue weighted by atomic mass is 9.97. The number of carbonyl (C=O) groups excluding carboxylic acids is 4. The van der Waals surface area contributed by atoms with E-state index in [0.29, 0.717) is 62.5 Å². The number of benzene rings is 5. The zero-order valence-electron chi connectivity index (χ0n) is 41.4. The van der Waals surface area contributed by atoms with Crippen molar-refractivity contribution in [3.63, 3.8) is 0 Å². The van der Waals surface area contributed by atoms with Gasteiger partial charge in [0, 0.05) is 77.0 Å². The third kappa shape index (κ3) is 14.2. The Hall–Kier alpha value is -4.43. The maximum absolute atomic E-state index is 14.0. The van der Waals surface area contributed by atoms with Crippen molar-refractivity contribution in [3.8, 4) is 0 Å². The summed E-state index contributed by atoms with van der Waals surface area (Å²) in [5.74, 6) is -1.48. The molecule has 0 saturated carbocycles. The summed E-state index contributed by atoms with van der Waals surface area (Å²) in [6, 6.07) is 27.3. The predicted octanol–water partition coefficient (Wildman–Crippen LogP) is 12.9.